The Kier molecular flexibility index (Phi) is 4.13. The van der Waals surface area contributed by atoms with Crippen LogP contribution in [-0.4, -0.2) is 0 Å². The predicted molar refractivity (Wildman–Crippen MR) is 140 cm³/mol. The zero-order valence-electron chi connectivity index (χ0n) is 19.1. The summed E-state index contributed by atoms with van der Waals surface area (Å²) in [6.45, 7) is 8.74. The maximum atomic E-state index is 2.41. The molecule has 0 aromatic heterocycles. The molecule has 0 aliphatic heterocycles. The Morgan fingerprint density at radius 2 is 0.969 bits per heavy atom. The van der Waals surface area contributed by atoms with E-state index in [0.717, 1.165) is 0 Å². The van der Waals surface area contributed by atoms with E-state index in [2.05, 4.69) is 113 Å². The van der Waals surface area contributed by atoms with Crippen LogP contribution in [0.15, 0.2) is 84.9 Å². The normalized spacial score (nSPS) is 11.8. The first-order valence-corrected chi connectivity index (χ1v) is 11.4. The summed E-state index contributed by atoms with van der Waals surface area (Å²) in [6, 6.07) is 32.1. The molecule has 0 saturated heterocycles. The molecule has 0 amide bonds. The molecule has 6 rings (SSSR count). The summed E-state index contributed by atoms with van der Waals surface area (Å²) in [5, 5.41) is 8.03. The fourth-order valence-corrected chi connectivity index (χ4v) is 5.52. The molecule has 0 spiro atoms. The first-order chi connectivity index (χ1) is 15.5. The minimum atomic E-state index is 1.29. The molecule has 0 aliphatic rings. The van der Waals surface area contributed by atoms with Gasteiger partial charge in [0.2, 0.25) is 0 Å². The minimum Gasteiger partial charge on any atom is -0.0610 e. The monoisotopic (exact) mass is 410 g/mol. The molecule has 32 heavy (non-hydrogen) atoms. The van der Waals surface area contributed by atoms with E-state index in [1.54, 1.807) is 0 Å². The van der Waals surface area contributed by atoms with Crippen LogP contribution < -0.4 is 0 Å². The van der Waals surface area contributed by atoms with E-state index in [9.17, 15) is 0 Å². The van der Waals surface area contributed by atoms with Crippen molar-refractivity contribution in [2.45, 2.75) is 27.7 Å². The van der Waals surface area contributed by atoms with Crippen molar-refractivity contribution in [1.82, 2.24) is 0 Å². The molecule has 0 radical (unpaired) electrons. The van der Waals surface area contributed by atoms with Gasteiger partial charge in [-0.3, -0.25) is 0 Å². The number of rotatable bonds is 2. The van der Waals surface area contributed by atoms with Crippen LogP contribution in [-0.2, 0) is 0 Å². The third-order valence-corrected chi connectivity index (χ3v) is 6.67. The van der Waals surface area contributed by atoms with Crippen molar-refractivity contribution < 1.29 is 0 Å². The maximum Gasteiger partial charge on any atom is -0.00206 e. The van der Waals surface area contributed by atoms with E-state index < -0.39 is 0 Å². The molecule has 0 fully saturated rings. The van der Waals surface area contributed by atoms with Gasteiger partial charge >= 0.3 is 0 Å². The quantitative estimate of drug-likeness (QED) is 0.250. The van der Waals surface area contributed by atoms with Gasteiger partial charge in [0.05, 0.1) is 0 Å². The largest absolute Gasteiger partial charge is 0.0610 e. The molecule has 0 heterocycles. The number of aryl methyl sites for hydroxylation is 4. The molecule has 0 bridgehead atoms. The standard InChI is InChI=1S/C32H26/c1-19-10-20(2)13-25(12-19)26-16-24-9-8-23-6-5-7-29-30(18-28(17-26)31(24)32(23)29)27-14-21(3)11-22(4)15-27/h5-18H,1-4H3. The molecule has 0 aliphatic carbocycles. The lowest BCUT2D eigenvalue weighted by Crippen LogP contribution is -1.91. The molecule has 6 aromatic rings. The maximum absolute atomic E-state index is 2.41. The first kappa shape index (κ1) is 19.1. The summed E-state index contributed by atoms with van der Waals surface area (Å²) in [5.41, 5.74) is 10.4. The summed E-state index contributed by atoms with van der Waals surface area (Å²) >= 11 is 0. The Morgan fingerprint density at radius 3 is 1.66 bits per heavy atom. The molecule has 0 saturated carbocycles. The molecule has 154 valence electrons. The predicted octanol–water partition coefficient (Wildman–Crippen LogP) is 9.15. The van der Waals surface area contributed by atoms with Crippen molar-refractivity contribution in [1.29, 1.82) is 0 Å². The van der Waals surface area contributed by atoms with Crippen LogP contribution in [0.1, 0.15) is 22.3 Å². The van der Waals surface area contributed by atoms with Crippen molar-refractivity contribution >= 4 is 32.3 Å². The zero-order chi connectivity index (χ0) is 22.0. The van der Waals surface area contributed by atoms with E-state index >= 15 is 0 Å². The topological polar surface area (TPSA) is 0 Å². The molecule has 0 atom stereocenters. The van der Waals surface area contributed by atoms with Gasteiger partial charge in [0.25, 0.3) is 0 Å². The van der Waals surface area contributed by atoms with Crippen molar-refractivity contribution in [3.05, 3.63) is 107 Å². The van der Waals surface area contributed by atoms with Crippen molar-refractivity contribution in [3.8, 4) is 22.3 Å². The Bertz CT molecular complexity index is 1610. The average molecular weight is 411 g/mol. The SMILES string of the molecule is Cc1cc(C)cc(-c2cc3ccc4cccc5c(-c6cc(C)cc(C)c6)cc(c2)c3c45)c1. The van der Waals surface area contributed by atoms with Gasteiger partial charge in [-0.2, -0.15) is 0 Å². The van der Waals surface area contributed by atoms with E-state index in [-0.39, 0.29) is 0 Å². The van der Waals surface area contributed by atoms with Gasteiger partial charge < -0.3 is 0 Å². The Balaban J connectivity index is 1.74. The van der Waals surface area contributed by atoms with Crippen LogP contribution >= 0.6 is 0 Å². The third-order valence-electron chi connectivity index (χ3n) is 6.67. The zero-order valence-corrected chi connectivity index (χ0v) is 19.1. The average Bonchev–Trinajstić information content (AvgIpc) is 2.75. The summed E-state index contributed by atoms with van der Waals surface area (Å²) in [6.07, 6.45) is 0. The van der Waals surface area contributed by atoms with Crippen LogP contribution in [0.2, 0.25) is 0 Å². The van der Waals surface area contributed by atoms with E-state index in [4.69, 9.17) is 0 Å². The summed E-state index contributed by atoms with van der Waals surface area (Å²) in [5.74, 6) is 0. The number of hydrogen-bond donors (Lipinski definition) is 0. The second kappa shape index (κ2) is 6.93. The van der Waals surface area contributed by atoms with Gasteiger partial charge in [-0.1, -0.05) is 89.0 Å². The smallest absolute Gasteiger partial charge is 0.00206 e. The van der Waals surface area contributed by atoms with E-state index in [1.165, 1.54) is 76.8 Å². The van der Waals surface area contributed by atoms with E-state index in [1.807, 2.05) is 0 Å². The highest BCUT2D eigenvalue weighted by atomic mass is 14.2. The molecule has 0 unspecified atom stereocenters. The second-order valence-corrected chi connectivity index (χ2v) is 9.44. The van der Waals surface area contributed by atoms with Gasteiger partial charge in [-0.25, -0.2) is 0 Å². The van der Waals surface area contributed by atoms with Gasteiger partial charge in [-0.15, -0.1) is 0 Å². The summed E-state index contributed by atoms with van der Waals surface area (Å²) in [7, 11) is 0. The van der Waals surface area contributed by atoms with Gasteiger partial charge in [0, 0.05) is 0 Å². The number of benzene rings is 6. The lowest BCUT2D eigenvalue weighted by molar-refractivity contribution is 1.38. The highest BCUT2D eigenvalue weighted by Gasteiger charge is 2.15. The molecule has 0 heteroatoms. The van der Waals surface area contributed by atoms with Crippen LogP contribution in [0.25, 0.3) is 54.6 Å². The molecule has 6 aromatic carbocycles. The van der Waals surface area contributed by atoms with Gasteiger partial charge in [0.15, 0.2) is 0 Å². The fraction of sp³-hybridized carbons (Fsp3) is 0.125. The molecular formula is C32H26. The van der Waals surface area contributed by atoms with Crippen molar-refractivity contribution in [3.63, 3.8) is 0 Å². The third kappa shape index (κ3) is 2.99. The fourth-order valence-electron chi connectivity index (χ4n) is 5.52. The Labute approximate surface area is 189 Å². The summed E-state index contributed by atoms with van der Waals surface area (Å²) < 4.78 is 0. The van der Waals surface area contributed by atoms with Crippen LogP contribution in [0.5, 0.6) is 0 Å². The van der Waals surface area contributed by atoms with Crippen molar-refractivity contribution in [2.75, 3.05) is 0 Å². The van der Waals surface area contributed by atoms with Crippen LogP contribution in [0.4, 0.5) is 0 Å². The summed E-state index contributed by atoms with van der Waals surface area (Å²) in [4.78, 5) is 0. The minimum absolute atomic E-state index is 1.29. The molecule has 0 nitrogen and oxygen atoms in total. The van der Waals surface area contributed by atoms with Crippen LogP contribution in [0, 0.1) is 27.7 Å². The lowest BCUT2D eigenvalue weighted by Gasteiger charge is -2.17. The molecular weight excluding hydrogens is 384 g/mol. The first-order valence-electron chi connectivity index (χ1n) is 11.4. The Hall–Kier alpha value is -3.64. The Morgan fingerprint density at radius 1 is 0.406 bits per heavy atom. The van der Waals surface area contributed by atoms with Crippen molar-refractivity contribution in [2.24, 2.45) is 0 Å². The molecule has 0 N–H and O–H groups in total. The second-order valence-electron chi connectivity index (χ2n) is 9.44. The van der Waals surface area contributed by atoms with Gasteiger partial charge in [0.1, 0.15) is 0 Å². The van der Waals surface area contributed by atoms with Gasteiger partial charge in [-0.05, 0) is 100 Å². The lowest BCUT2D eigenvalue weighted by atomic mass is 9.86. The highest BCUT2D eigenvalue weighted by Crippen LogP contribution is 2.42. The van der Waals surface area contributed by atoms with E-state index in [0.29, 0.717) is 0 Å². The highest BCUT2D eigenvalue weighted by molar-refractivity contribution is 6.26. The van der Waals surface area contributed by atoms with Crippen LogP contribution in [0.3, 0.4) is 0 Å². The number of hydrogen-bond acceptors (Lipinski definition) is 0.